The zero-order valence-electron chi connectivity index (χ0n) is 18.1. The van der Waals surface area contributed by atoms with Crippen molar-refractivity contribution in [3.63, 3.8) is 0 Å². The second-order valence-electron chi connectivity index (χ2n) is 9.25. The molecule has 0 saturated heterocycles. The van der Waals surface area contributed by atoms with Gasteiger partial charge in [0.2, 0.25) is 5.91 Å². The third-order valence-corrected chi connectivity index (χ3v) is 5.39. The molecule has 0 fully saturated rings. The molecule has 0 spiro atoms. The minimum Gasteiger partial charge on any atom is -0.445 e. The highest BCUT2D eigenvalue weighted by Gasteiger charge is 2.33. The highest BCUT2D eigenvalue weighted by molar-refractivity contribution is 5.89. The second kappa shape index (κ2) is 8.41. The van der Waals surface area contributed by atoms with Crippen LogP contribution in [-0.4, -0.2) is 39.7 Å². The summed E-state index contributed by atoms with van der Waals surface area (Å²) < 4.78 is 5.37. The highest BCUT2D eigenvalue weighted by Crippen LogP contribution is 2.29. The molecule has 2 heterocycles. The third-order valence-electron chi connectivity index (χ3n) is 5.39. The number of ether oxygens (including phenoxy) is 1. The van der Waals surface area contributed by atoms with E-state index in [9.17, 15) is 9.59 Å². The number of carbonyl (C=O) groups excluding carboxylic acids is 2. The number of nitrogens with zero attached hydrogens (tertiary/aromatic N) is 2. The first kappa shape index (κ1) is 20.9. The standard InChI is InChI=1S/C24H28N4O3/c1-24(2,3)15-28-13-19-17(9-10-20-18(19)12-25-27-20)11-21(22(28)29)26-23(30)31-14-16-7-5-4-6-8-16/h4-10,12,21H,11,13-15H2,1-3H3,(H,25,27)(H,26,30)/t21-/m1/s1. The predicted octanol–water partition coefficient (Wildman–Crippen LogP) is 3.79. The molecule has 1 aliphatic rings. The number of nitrogens with one attached hydrogen (secondary N) is 2. The number of aromatic amines is 1. The van der Waals surface area contributed by atoms with Crippen LogP contribution in [-0.2, 0) is 29.1 Å². The molecule has 1 aromatic heterocycles. The van der Waals surface area contributed by atoms with Crippen LogP contribution in [0.1, 0.15) is 37.5 Å². The number of hydrogen-bond acceptors (Lipinski definition) is 4. The van der Waals surface area contributed by atoms with E-state index >= 15 is 0 Å². The van der Waals surface area contributed by atoms with Crippen LogP contribution in [0, 0.1) is 5.41 Å². The summed E-state index contributed by atoms with van der Waals surface area (Å²) in [4.78, 5) is 27.7. The maximum atomic E-state index is 13.4. The van der Waals surface area contributed by atoms with Crippen LogP contribution in [0.4, 0.5) is 4.79 Å². The number of H-pyrrole nitrogens is 1. The first-order chi connectivity index (χ1) is 14.8. The lowest BCUT2D eigenvalue weighted by Gasteiger charge is -2.31. The van der Waals surface area contributed by atoms with Gasteiger partial charge in [-0.15, -0.1) is 0 Å². The lowest BCUT2D eigenvalue weighted by Crippen LogP contribution is -2.49. The number of alkyl carbamates (subject to hydrolysis) is 1. The smallest absolute Gasteiger partial charge is 0.408 e. The summed E-state index contributed by atoms with van der Waals surface area (Å²) in [7, 11) is 0. The zero-order valence-corrected chi connectivity index (χ0v) is 18.1. The molecule has 1 atom stereocenters. The van der Waals surface area contributed by atoms with Crippen LogP contribution in [0.15, 0.2) is 48.7 Å². The van der Waals surface area contributed by atoms with Crippen LogP contribution < -0.4 is 5.32 Å². The van der Waals surface area contributed by atoms with Gasteiger partial charge in [-0.3, -0.25) is 9.89 Å². The summed E-state index contributed by atoms with van der Waals surface area (Å²) >= 11 is 0. The van der Waals surface area contributed by atoms with Gasteiger partial charge in [-0.25, -0.2) is 4.79 Å². The number of rotatable bonds is 4. The van der Waals surface area contributed by atoms with Crippen molar-refractivity contribution in [3.05, 3.63) is 65.4 Å². The topological polar surface area (TPSA) is 87.3 Å². The third kappa shape index (κ3) is 4.87. The van der Waals surface area contributed by atoms with E-state index in [1.807, 2.05) is 47.4 Å². The van der Waals surface area contributed by atoms with E-state index < -0.39 is 12.1 Å². The van der Waals surface area contributed by atoms with Crippen molar-refractivity contribution in [1.29, 1.82) is 0 Å². The molecule has 0 saturated carbocycles. The summed E-state index contributed by atoms with van der Waals surface area (Å²) in [6.07, 6.45) is 1.62. The molecule has 7 heteroatoms. The Morgan fingerprint density at radius 2 is 2.00 bits per heavy atom. The summed E-state index contributed by atoms with van der Waals surface area (Å²) in [6.45, 7) is 7.52. The van der Waals surface area contributed by atoms with Crippen LogP contribution >= 0.6 is 0 Å². The molecule has 2 aromatic carbocycles. The van der Waals surface area contributed by atoms with Gasteiger partial charge in [0.25, 0.3) is 0 Å². The summed E-state index contributed by atoms with van der Waals surface area (Å²) in [5.74, 6) is -0.0977. The van der Waals surface area contributed by atoms with Crippen LogP contribution in [0.5, 0.6) is 0 Å². The Kier molecular flexibility index (Phi) is 5.67. The Labute approximate surface area is 181 Å². The van der Waals surface area contributed by atoms with Gasteiger partial charge < -0.3 is 15.0 Å². The number of fused-ring (bicyclic) bond motifs is 3. The van der Waals surface area contributed by atoms with Gasteiger partial charge in [-0.05, 0) is 28.2 Å². The van der Waals surface area contributed by atoms with Gasteiger partial charge in [0.05, 0.1) is 11.7 Å². The van der Waals surface area contributed by atoms with E-state index in [4.69, 9.17) is 4.74 Å². The molecule has 162 valence electrons. The van der Waals surface area contributed by atoms with Gasteiger partial charge in [0, 0.05) is 24.9 Å². The fourth-order valence-electron chi connectivity index (χ4n) is 4.02. The van der Waals surface area contributed by atoms with Crippen molar-refractivity contribution in [2.75, 3.05) is 6.54 Å². The normalized spacial score (nSPS) is 16.7. The lowest BCUT2D eigenvalue weighted by atomic mass is 9.95. The minimum absolute atomic E-state index is 0.0805. The summed E-state index contributed by atoms with van der Waals surface area (Å²) in [5.41, 5.74) is 3.86. The van der Waals surface area contributed by atoms with Crippen LogP contribution in [0.25, 0.3) is 10.9 Å². The molecule has 3 aromatic rings. The Bertz CT molecular complexity index is 1090. The molecule has 2 amide bonds. The van der Waals surface area contributed by atoms with E-state index in [2.05, 4.69) is 36.3 Å². The lowest BCUT2D eigenvalue weighted by molar-refractivity contribution is -0.135. The fraction of sp³-hybridized carbons (Fsp3) is 0.375. The van der Waals surface area contributed by atoms with Crippen molar-refractivity contribution < 1.29 is 14.3 Å². The average Bonchev–Trinajstić information content (AvgIpc) is 3.16. The predicted molar refractivity (Wildman–Crippen MR) is 118 cm³/mol. The molecule has 2 N–H and O–H groups in total. The highest BCUT2D eigenvalue weighted by atomic mass is 16.5. The molecule has 0 unspecified atom stereocenters. The number of carbonyl (C=O) groups is 2. The van der Waals surface area contributed by atoms with Gasteiger partial charge in [0.1, 0.15) is 12.6 Å². The maximum absolute atomic E-state index is 13.4. The zero-order chi connectivity index (χ0) is 22.0. The van der Waals surface area contributed by atoms with Crippen LogP contribution in [0.3, 0.4) is 0 Å². The Hall–Kier alpha value is -3.35. The first-order valence-corrected chi connectivity index (χ1v) is 10.5. The molecule has 1 aliphatic heterocycles. The molecule has 0 radical (unpaired) electrons. The van der Waals surface area contributed by atoms with Crippen molar-refractivity contribution in [2.45, 2.75) is 46.4 Å². The van der Waals surface area contributed by atoms with Crippen molar-refractivity contribution in [1.82, 2.24) is 20.4 Å². The quantitative estimate of drug-likeness (QED) is 0.672. The van der Waals surface area contributed by atoms with Crippen molar-refractivity contribution >= 4 is 22.9 Å². The van der Waals surface area contributed by atoms with E-state index in [1.54, 1.807) is 6.20 Å². The van der Waals surface area contributed by atoms with Crippen molar-refractivity contribution in [3.8, 4) is 0 Å². The summed E-state index contributed by atoms with van der Waals surface area (Å²) in [6, 6.07) is 12.8. The Morgan fingerprint density at radius 3 is 2.74 bits per heavy atom. The molecular formula is C24H28N4O3. The molecule has 4 rings (SSSR count). The molecule has 31 heavy (non-hydrogen) atoms. The Morgan fingerprint density at radius 1 is 1.23 bits per heavy atom. The SMILES string of the molecule is CC(C)(C)CN1Cc2c(ccc3[nH]ncc23)C[C@@H](NC(=O)OCc2ccccc2)C1=O. The number of hydrogen-bond donors (Lipinski definition) is 2. The van der Waals surface area contributed by atoms with E-state index in [0.29, 0.717) is 19.5 Å². The largest absolute Gasteiger partial charge is 0.445 e. The molecule has 0 bridgehead atoms. The molecular weight excluding hydrogens is 392 g/mol. The minimum atomic E-state index is -0.684. The number of aromatic nitrogens is 2. The molecule has 7 nitrogen and oxygen atoms in total. The second-order valence-corrected chi connectivity index (χ2v) is 9.25. The summed E-state index contributed by atoms with van der Waals surface area (Å²) in [5, 5.41) is 11.0. The van der Waals surface area contributed by atoms with Crippen LogP contribution in [0.2, 0.25) is 0 Å². The van der Waals surface area contributed by atoms with E-state index in [1.165, 1.54) is 0 Å². The monoisotopic (exact) mass is 420 g/mol. The van der Waals surface area contributed by atoms with Gasteiger partial charge in [-0.2, -0.15) is 5.10 Å². The number of benzene rings is 2. The van der Waals surface area contributed by atoms with Crippen molar-refractivity contribution in [2.24, 2.45) is 5.41 Å². The molecule has 0 aliphatic carbocycles. The van der Waals surface area contributed by atoms with E-state index in [0.717, 1.165) is 27.6 Å². The Balaban J connectivity index is 1.57. The van der Waals surface area contributed by atoms with Gasteiger partial charge in [0.15, 0.2) is 0 Å². The van der Waals surface area contributed by atoms with Gasteiger partial charge >= 0.3 is 6.09 Å². The fourth-order valence-corrected chi connectivity index (χ4v) is 4.02. The van der Waals surface area contributed by atoms with Gasteiger partial charge in [-0.1, -0.05) is 57.2 Å². The number of amides is 2. The first-order valence-electron chi connectivity index (χ1n) is 10.5. The maximum Gasteiger partial charge on any atom is 0.408 e. The van der Waals surface area contributed by atoms with E-state index in [-0.39, 0.29) is 17.9 Å². The average molecular weight is 421 g/mol.